The first-order valence-electron chi connectivity index (χ1n) is 5.09. The fraction of sp³-hybridized carbons (Fsp3) is 0.545. The van der Waals surface area contributed by atoms with Crippen molar-refractivity contribution in [1.29, 1.82) is 0 Å². The molecule has 1 aromatic rings. The molecular weight excluding hydrogens is 176 g/mol. The predicted molar refractivity (Wildman–Crippen MR) is 56.9 cm³/mol. The average molecular weight is 192 g/mol. The smallest absolute Gasteiger partial charge is 0.237 e. The third-order valence-corrected chi connectivity index (χ3v) is 2.80. The first kappa shape index (κ1) is 9.31. The maximum Gasteiger partial charge on any atom is 0.237 e. The molecule has 0 amide bonds. The second kappa shape index (κ2) is 3.48. The number of nitrogens with one attached hydrogen (secondary N) is 1. The second-order valence-corrected chi connectivity index (χ2v) is 3.78. The van der Waals surface area contributed by atoms with Gasteiger partial charge in [-0.05, 0) is 31.4 Å². The summed E-state index contributed by atoms with van der Waals surface area (Å²) in [6.07, 6.45) is 3.15. The monoisotopic (exact) mass is 192 g/mol. The van der Waals surface area contributed by atoms with Crippen molar-refractivity contribution in [1.82, 2.24) is 4.98 Å². The van der Waals surface area contributed by atoms with E-state index in [9.17, 15) is 0 Å². The SMILES string of the molecule is CCC1CNc2c(ncc(C)c2C)O1. The minimum absolute atomic E-state index is 0.261. The predicted octanol–water partition coefficient (Wildman–Crippen LogP) is 2.28. The van der Waals surface area contributed by atoms with Gasteiger partial charge in [0.05, 0.1) is 6.54 Å². The number of pyridine rings is 1. The van der Waals surface area contributed by atoms with Crippen molar-refractivity contribution in [2.75, 3.05) is 11.9 Å². The van der Waals surface area contributed by atoms with E-state index in [2.05, 4.69) is 31.1 Å². The zero-order valence-electron chi connectivity index (χ0n) is 8.92. The van der Waals surface area contributed by atoms with Gasteiger partial charge in [0.2, 0.25) is 5.88 Å². The van der Waals surface area contributed by atoms with Gasteiger partial charge >= 0.3 is 0 Å². The molecule has 3 heteroatoms. The highest BCUT2D eigenvalue weighted by atomic mass is 16.5. The lowest BCUT2D eigenvalue weighted by molar-refractivity contribution is 0.193. The molecule has 14 heavy (non-hydrogen) atoms. The van der Waals surface area contributed by atoms with Gasteiger partial charge in [0.1, 0.15) is 11.8 Å². The van der Waals surface area contributed by atoms with E-state index in [0.717, 1.165) is 24.5 Å². The van der Waals surface area contributed by atoms with Crippen LogP contribution in [-0.2, 0) is 0 Å². The fourth-order valence-corrected chi connectivity index (χ4v) is 1.62. The Morgan fingerprint density at radius 3 is 3.07 bits per heavy atom. The van der Waals surface area contributed by atoms with Crippen LogP contribution in [0.1, 0.15) is 24.5 Å². The number of hydrogen-bond donors (Lipinski definition) is 1. The molecule has 0 bridgehead atoms. The van der Waals surface area contributed by atoms with Crippen LogP contribution < -0.4 is 10.1 Å². The number of ether oxygens (including phenoxy) is 1. The van der Waals surface area contributed by atoms with Gasteiger partial charge in [-0.1, -0.05) is 6.92 Å². The molecule has 1 aliphatic heterocycles. The van der Waals surface area contributed by atoms with E-state index in [0.29, 0.717) is 0 Å². The quantitative estimate of drug-likeness (QED) is 0.741. The number of hydrogen-bond acceptors (Lipinski definition) is 3. The number of aromatic nitrogens is 1. The number of rotatable bonds is 1. The van der Waals surface area contributed by atoms with Crippen LogP contribution in [0.4, 0.5) is 5.69 Å². The Kier molecular flexibility index (Phi) is 2.32. The van der Waals surface area contributed by atoms with Crippen molar-refractivity contribution in [3.05, 3.63) is 17.3 Å². The molecule has 0 aliphatic carbocycles. The molecule has 76 valence electrons. The molecular formula is C11H16N2O. The van der Waals surface area contributed by atoms with E-state index in [1.807, 2.05) is 6.20 Å². The molecule has 0 fully saturated rings. The molecule has 1 aromatic heterocycles. The first-order valence-corrected chi connectivity index (χ1v) is 5.09. The van der Waals surface area contributed by atoms with Gasteiger partial charge in [0, 0.05) is 6.20 Å². The van der Waals surface area contributed by atoms with Crippen LogP contribution in [0, 0.1) is 13.8 Å². The lowest BCUT2D eigenvalue weighted by Crippen LogP contribution is -2.31. The standard InChI is InChI=1S/C11H16N2O/c1-4-9-6-12-10-8(3)7(2)5-13-11(10)14-9/h5,9,12H,4,6H2,1-3H3. The molecule has 1 aliphatic rings. The van der Waals surface area contributed by atoms with Crippen LogP contribution in [-0.4, -0.2) is 17.6 Å². The number of fused-ring (bicyclic) bond motifs is 1. The Labute approximate surface area is 84.5 Å². The zero-order valence-corrected chi connectivity index (χ0v) is 8.92. The van der Waals surface area contributed by atoms with Gasteiger partial charge in [-0.2, -0.15) is 0 Å². The fourth-order valence-electron chi connectivity index (χ4n) is 1.62. The van der Waals surface area contributed by atoms with E-state index in [4.69, 9.17) is 4.74 Å². The van der Waals surface area contributed by atoms with Gasteiger partial charge in [-0.25, -0.2) is 4.98 Å². The van der Waals surface area contributed by atoms with Crippen molar-refractivity contribution in [3.63, 3.8) is 0 Å². The highest BCUT2D eigenvalue weighted by Crippen LogP contribution is 2.31. The molecule has 1 atom stereocenters. The van der Waals surface area contributed by atoms with Crippen LogP contribution in [0.2, 0.25) is 0 Å². The van der Waals surface area contributed by atoms with Gasteiger partial charge in [0.25, 0.3) is 0 Å². The van der Waals surface area contributed by atoms with Crippen molar-refractivity contribution >= 4 is 5.69 Å². The van der Waals surface area contributed by atoms with Gasteiger partial charge in [-0.15, -0.1) is 0 Å². The Hall–Kier alpha value is -1.25. The Bertz CT molecular complexity index is 349. The molecule has 0 saturated heterocycles. The Balaban J connectivity index is 2.36. The highest BCUT2D eigenvalue weighted by molar-refractivity contribution is 5.61. The summed E-state index contributed by atoms with van der Waals surface area (Å²) >= 11 is 0. The van der Waals surface area contributed by atoms with E-state index >= 15 is 0 Å². The van der Waals surface area contributed by atoms with Crippen LogP contribution >= 0.6 is 0 Å². The Morgan fingerprint density at radius 2 is 2.36 bits per heavy atom. The normalized spacial score (nSPS) is 19.5. The van der Waals surface area contributed by atoms with E-state index < -0.39 is 0 Å². The molecule has 0 aromatic carbocycles. The van der Waals surface area contributed by atoms with Gasteiger partial charge in [-0.3, -0.25) is 0 Å². The lowest BCUT2D eigenvalue weighted by Gasteiger charge is -2.27. The summed E-state index contributed by atoms with van der Waals surface area (Å²) in [7, 11) is 0. The summed E-state index contributed by atoms with van der Waals surface area (Å²) in [6.45, 7) is 7.17. The number of nitrogens with zero attached hydrogens (tertiary/aromatic N) is 1. The largest absolute Gasteiger partial charge is 0.471 e. The summed E-state index contributed by atoms with van der Waals surface area (Å²) in [5.41, 5.74) is 3.51. The van der Waals surface area contributed by atoms with Crippen LogP contribution in [0.5, 0.6) is 5.88 Å². The lowest BCUT2D eigenvalue weighted by atomic mass is 10.1. The molecule has 0 saturated carbocycles. The van der Waals surface area contributed by atoms with Crippen LogP contribution in [0.25, 0.3) is 0 Å². The molecule has 1 unspecified atom stereocenters. The van der Waals surface area contributed by atoms with Crippen molar-refractivity contribution < 1.29 is 4.74 Å². The number of aryl methyl sites for hydroxylation is 1. The van der Waals surface area contributed by atoms with Crippen LogP contribution in [0.3, 0.4) is 0 Å². The average Bonchev–Trinajstić information content (AvgIpc) is 2.23. The summed E-state index contributed by atoms with van der Waals surface area (Å²) in [5.74, 6) is 0.756. The summed E-state index contributed by atoms with van der Waals surface area (Å²) in [6, 6.07) is 0. The second-order valence-electron chi connectivity index (χ2n) is 3.78. The number of anilines is 1. The summed E-state index contributed by atoms with van der Waals surface area (Å²) < 4.78 is 5.74. The molecule has 2 heterocycles. The molecule has 1 N–H and O–H groups in total. The minimum Gasteiger partial charge on any atom is -0.471 e. The van der Waals surface area contributed by atoms with Crippen molar-refractivity contribution in [2.45, 2.75) is 33.3 Å². The molecule has 0 spiro atoms. The van der Waals surface area contributed by atoms with Crippen LogP contribution in [0.15, 0.2) is 6.20 Å². The van der Waals surface area contributed by atoms with Crippen molar-refractivity contribution in [2.24, 2.45) is 0 Å². The van der Waals surface area contributed by atoms with E-state index in [1.165, 1.54) is 11.1 Å². The highest BCUT2D eigenvalue weighted by Gasteiger charge is 2.20. The molecule has 0 radical (unpaired) electrons. The third kappa shape index (κ3) is 1.43. The van der Waals surface area contributed by atoms with E-state index in [1.54, 1.807) is 0 Å². The maximum atomic E-state index is 5.74. The maximum absolute atomic E-state index is 5.74. The van der Waals surface area contributed by atoms with E-state index in [-0.39, 0.29) is 6.10 Å². The van der Waals surface area contributed by atoms with Gasteiger partial charge in [0.15, 0.2) is 0 Å². The summed E-state index contributed by atoms with van der Waals surface area (Å²) in [5, 5.41) is 3.39. The zero-order chi connectivity index (χ0) is 10.1. The Morgan fingerprint density at radius 1 is 1.57 bits per heavy atom. The first-order chi connectivity index (χ1) is 6.72. The third-order valence-electron chi connectivity index (χ3n) is 2.80. The molecule has 2 rings (SSSR count). The van der Waals surface area contributed by atoms with Gasteiger partial charge < -0.3 is 10.1 Å². The minimum atomic E-state index is 0.261. The molecule has 3 nitrogen and oxygen atoms in total. The van der Waals surface area contributed by atoms with Crippen molar-refractivity contribution in [3.8, 4) is 5.88 Å². The summed E-state index contributed by atoms with van der Waals surface area (Å²) in [4.78, 5) is 4.29. The topological polar surface area (TPSA) is 34.2 Å².